The molecule has 0 atom stereocenters. The number of rotatable bonds is 0. The lowest BCUT2D eigenvalue weighted by molar-refractivity contribution is 0.428. The van der Waals surface area contributed by atoms with Gasteiger partial charge in [-0.15, -0.1) is 0 Å². The Bertz CT molecular complexity index is 487. The van der Waals surface area contributed by atoms with Gasteiger partial charge in [-0.05, 0) is 6.07 Å². The molecule has 0 saturated heterocycles. The van der Waals surface area contributed by atoms with Crippen LogP contribution in [-0.4, -0.2) is 15.4 Å². The SMILES string of the molecule is c1cc2cn[nH]c2c2nocc12. The molecule has 0 aliphatic heterocycles. The predicted octanol–water partition coefficient (Wildman–Crippen LogP) is 1.70. The number of aromatic nitrogens is 3. The molecular weight excluding hydrogens is 154 g/mol. The number of fused-ring (bicyclic) bond motifs is 3. The van der Waals surface area contributed by atoms with E-state index in [1.54, 1.807) is 12.5 Å². The van der Waals surface area contributed by atoms with Crippen LogP contribution in [-0.2, 0) is 0 Å². The molecule has 0 radical (unpaired) electrons. The number of hydrogen-bond acceptors (Lipinski definition) is 3. The highest BCUT2D eigenvalue weighted by molar-refractivity contribution is 6.01. The van der Waals surface area contributed by atoms with E-state index in [0.29, 0.717) is 0 Å². The fourth-order valence-corrected chi connectivity index (χ4v) is 1.34. The van der Waals surface area contributed by atoms with Crippen molar-refractivity contribution >= 4 is 21.8 Å². The Hall–Kier alpha value is -1.84. The van der Waals surface area contributed by atoms with Crippen LogP contribution in [0.1, 0.15) is 0 Å². The van der Waals surface area contributed by atoms with Gasteiger partial charge in [-0.2, -0.15) is 5.10 Å². The number of hydrogen-bond donors (Lipinski definition) is 1. The van der Waals surface area contributed by atoms with E-state index in [1.807, 2.05) is 12.1 Å². The van der Waals surface area contributed by atoms with Gasteiger partial charge >= 0.3 is 0 Å². The van der Waals surface area contributed by atoms with Gasteiger partial charge < -0.3 is 4.52 Å². The molecule has 58 valence electrons. The van der Waals surface area contributed by atoms with Crippen molar-refractivity contribution < 1.29 is 4.52 Å². The van der Waals surface area contributed by atoms with E-state index in [9.17, 15) is 0 Å². The summed E-state index contributed by atoms with van der Waals surface area (Å²) >= 11 is 0. The normalized spacial score (nSPS) is 11.3. The summed E-state index contributed by atoms with van der Waals surface area (Å²) in [5, 5.41) is 12.7. The lowest BCUT2D eigenvalue weighted by atomic mass is 10.2. The van der Waals surface area contributed by atoms with Gasteiger partial charge in [0.05, 0.1) is 11.7 Å². The lowest BCUT2D eigenvalue weighted by Gasteiger charge is -1.86. The smallest absolute Gasteiger partial charge is 0.139 e. The number of H-pyrrole nitrogens is 1. The van der Waals surface area contributed by atoms with Crippen molar-refractivity contribution in [3.8, 4) is 0 Å². The first-order valence-corrected chi connectivity index (χ1v) is 3.61. The molecule has 3 aromatic rings. The quantitative estimate of drug-likeness (QED) is 0.543. The van der Waals surface area contributed by atoms with E-state index in [0.717, 1.165) is 21.8 Å². The zero-order valence-corrected chi connectivity index (χ0v) is 6.11. The standard InChI is InChI=1S/C8H5N3O/c1-2-6-4-12-11-8(6)7-5(1)3-9-10-7/h1-4H,(H,9,10). The van der Waals surface area contributed by atoms with Gasteiger partial charge in [0.15, 0.2) is 0 Å². The van der Waals surface area contributed by atoms with Gasteiger partial charge in [0.1, 0.15) is 11.8 Å². The molecule has 0 unspecified atom stereocenters. The summed E-state index contributed by atoms with van der Waals surface area (Å²) in [5.74, 6) is 0. The highest BCUT2D eigenvalue weighted by Gasteiger charge is 2.04. The second-order valence-electron chi connectivity index (χ2n) is 2.65. The number of nitrogens with one attached hydrogen (secondary N) is 1. The van der Waals surface area contributed by atoms with Crippen LogP contribution in [0.5, 0.6) is 0 Å². The number of nitrogens with zero attached hydrogens (tertiary/aromatic N) is 2. The van der Waals surface area contributed by atoms with Gasteiger partial charge in [-0.25, -0.2) is 0 Å². The third kappa shape index (κ3) is 0.567. The third-order valence-electron chi connectivity index (χ3n) is 1.95. The summed E-state index contributed by atoms with van der Waals surface area (Å²) in [6.45, 7) is 0. The van der Waals surface area contributed by atoms with Crippen molar-refractivity contribution in [2.24, 2.45) is 0 Å². The summed E-state index contributed by atoms with van der Waals surface area (Å²) in [6.07, 6.45) is 3.39. The predicted molar refractivity (Wildman–Crippen MR) is 43.7 cm³/mol. The fourth-order valence-electron chi connectivity index (χ4n) is 1.34. The Labute approximate surface area is 67.2 Å². The van der Waals surface area contributed by atoms with E-state index >= 15 is 0 Å². The van der Waals surface area contributed by atoms with Crippen LogP contribution in [0.4, 0.5) is 0 Å². The van der Waals surface area contributed by atoms with Crippen LogP contribution >= 0.6 is 0 Å². The third-order valence-corrected chi connectivity index (χ3v) is 1.95. The molecule has 2 heterocycles. The molecule has 0 saturated carbocycles. The minimum atomic E-state index is 0.838. The zero-order chi connectivity index (χ0) is 7.97. The monoisotopic (exact) mass is 159 g/mol. The van der Waals surface area contributed by atoms with E-state index in [2.05, 4.69) is 15.4 Å². The van der Waals surface area contributed by atoms with Gasteiger partial charge in [-0.3, -0.25) is 5.10 Å². The van der Waals surface area contributed by atoms with Crippen LogP contribution in [0.15, 0.2) is 29.1 Å². The van der Waals surface area contributed by atoms with E-state index in [4.69, 9.17) is 4.52 Å². The summed E-state index contributed by atoms with van der Waals surface area (Å²) < 4.78 is 4.84. The average molecular weight is 159 g/mol. The molecule has 1 N–H and O–H groups in total. The first-order valence-electron chi connectivity index (χ1n) is 3.61. The minimum absolute atomic E-state index is 0.838. The zero-order valence-electron chi connectivity index (χ0n) is 6.11. The van der Waals surface area contributed by atoms with Crippen LogP contribution < -0.4 is 0 Å². The van der Waals surface area contributed by atoms with Crippen molar-refractivity contribution in [3.63, 3.8) is 0 Å². The minimum Gasteiger partial charge on any atom is -0.363 e. The van der Waals surface area contributed by atoms with E-state index < -0.39 is 0 Å². The molecule has 4 heteroatoms. The Morgan fingerprint density at radius 1 is 1.25 bits per heavy atom. The molecule has 12 heavy (non-hydrogen) atoms. The molecule has 4 nitrogen and oxygen atoms in total. The van der Waals surface area contributed by atoms with Crippen LogP contribution in [0.3, 0.4) is 0 Å². The molecule has 0 spiro atoms. The van der Waals surface area contributed by atoms with Crippen LogP contribution in [0.2, 0.25) is 0 Å². The molecular formula is C8H5N3O. The van der Waals surface area contributed by atoms with Crippen molar-refractivity contribution in [2.45, 2.75) is 0 Å². The maximum atomic E-state index is 4.84. The Balaban J connectivity index is 2.71. The van der Waals surface area contributed by atoms with Crippen LogP contribution in [0.25, 0.3) is 21.8 Å². The second kappa shape index (κ2) is 1.85. The summed E-state index contributed by atoms with van der Waals surface area (Å²) in [5.41, 5.74) is 1.77. The van der Waals surface area contributed by atoms with Crippen molar-refractivity contribution in [1.82, 2.24) is 15.4 Å². The number of aromatic amines is 1. The maximum absolute atomic E-state index is 4.84. The van der Waals surface area contributed by atoms with E-state index in [-0.39, 0.29) is 0 Å². The summed E-state index contributed by atoms with van der Waals surface area (Å²) in [4.78, 5) is 0. The van der Waals surface area contributed by atoms with E-state index in [1.165, 1.54) is 0 Å². The Morgan fingerprint density at radius 2 is 2.17 bits per heavy atom. The van der Waals surface area contributed by atoms with Crippen molar-refractivity contribution in [1.29, 1.82) is 0 Å². The summed E-state index contributed by atoms with van der Waals surface area (Å²) in [7, 11) is 0. The molecule has 1 aromatic carbocycles. The van der Waals surface area contributed by atoms with Crippen molar-refractivity contribution in [2.75, 3.05) is 0 Å². The molecule has 2 aromatic heterocycles. The first kappa shape index (κ1) is 5.77. The Morgan fingerprint density at radius 3 is 3.17 bits per heavy atom. The van der Waals surface area contributed by atoms with Gasteiger partial charge in [0, 0.05) is 10.8 Å². The van der Waals surface area contributed by atoms with Gasteiger partial charge in [-0.1, -0.05) is 11.2 Å². The largest absolute Gasteiger partial charge is 0.363 e. The Kier molecular flexibility index (Phi) is 0.889. The summed E-state index contributed by atoms with van der Waals surface area (Å²) in [6, 6.07) is 3.95. The molecule has 0 aliphatic rings. The average Bonchev–Trinajstić information content (AvgIpc) is 2.71. The molecule has 0 aliphatic carbocycles. The van der Waals surface area contributed by atoms with Gasteiger partial charge in [0.2, 0.25) is 0 Å². The fraction of sp³-hybridized carbons (Fsp3) is 0. The topological polar surface area (TPSA) is 54.7 Å². The maximum Gasteiger partial charge on any atom is 0.139 e. The second-order valence-corrected chi connectivity index (χ2v) is 2.65. The highest BCUT2D eigenvalue weighted by atomic mass is 16.5. The first-order chi connectivity index (χ1) is 5.95. The molecule has 0 fully saturated rings. The van der Waals surface area contributed by atoms with Gasteiger partial charge in [0.25, 0.3) is 0 Å². The molecule has 3 rings (SSSR count). The molecule has 0 amide bonds. The highest BCUT2D eigenvalue weighted by Crippen LogP contribution is 2.21. The lowest BCUT2D eigenvalue weighted by Crippen LogP contribution is -1.71. The number of benzene rings is 1. The molecule has 0 bridgehead atoms. The van der Waals surface area contributed by atoms with Crippen molar-refractivity contribution in [3.05, 3.63) is 24.6 Å². The van der Waals surface area contributed by atoms with Crippen LogP contribution in [0, 0.1) is 0 Å².